The molecular weight excluding hydrogens is 398 g/mol. The summed E-state index contributed by atoms with van der Waals surface area (Å²) in [5, 5.41) is 2.60. The minimum absolute atomic E-state index is 0.00255. The first-order chi connectivity index (χ1) is 13.6. The zero-order valence-corrected chi connectivity index (χ0v) is 17.8. The third-order valence-corrected chi connectivity index (χ3v) is 5.97. The fourth-order valence-electron chi connectivity index (χ4n) is 2.80. The average molecular weight is 426 g/mol. The van der Waals surface area contributed by atoms with Crippen LogP contribution >= 0.6 is 0 Å². The van der Waals surface area contributed by atoms with Crippen LogP contribution in [-0.2, 0) is 24.2 Å². The first kappa shape index (κ1) is 22.7. The van der Waals surface area contributed by atoms with Crippen molar-refractivity contribution in [2.24, 2.45) is 0 Å². The van der Waals surface area contributed by atoms with E-state index in [0.29, 0.717) is 23.5 Å². The van der Waals surface area contributed by atoms with Gasteiger partial charge in [-0.15, -0.1) is 0 Å². The summed E-state index contributed by atoms with van der Waals surface area (Å²) in [7, 11) is -1.57. The Labute approximate surface area is 171 Å². The summed E-state index contributed by atoms with van der Waals surface area (Å²) in [5.74, 6) is -0.106. The van der Waals surface area contributed by atoms with E-state index >= 15 is 0 Å². The Kier molecular flexibility index (Phi) is 7.66. The standard InChI is InChI=1S/C20H27NO7S/c1-13(2)27-17-7-5-15(11-18(17)26-4)6-8-19(22)28-14(3)20(23)21-16-9-10-29(24,25)12-16/h5-8,11,13-14,16H,9-10,12H2,1-4H3,(H,21,23)/b8-6+/t14-,16-/m1/s1. The lowest BCUT2D eigenvalue weighted by Gasteiger charge is -2.15. The first-order valence-electron chi connectivity index (χ1n) is 9.34. The number of methoxy groups -OCH3 is 1. The van der Waals surface area contributed by atoms with Crippen molar-refractivity contribution < 1.29 is 32.2 Å². The molecule has 1 saturated heterocycles. The maximum Gasteiger partial charge on any atom is 0.331 e. The largest absolute Gasteiger partial charge is 0.493 e. The van der Waals surface area contributed by atoms with E-state index in [9.17, 15) is 18.0 Å². The summed E-state index contributed by atoms with van der Waals surface area (Å²) < 4.78 is 38.9. The second-order valence-corrected chi connectivity index (χ2v) is 9.33. The first-order valence-corrected chi connectivity index (χ1v) is 11.2. The van der Waals surface area contributed by atoms with Crippen molar-refractivity contribution in [3.8, 4) is 11.5 Å². The van der Waals surface area contributed by atoms with Crippen LogP contribution in [-0.4, -0.2) is 57.2 Å². The van der Waals surface area contributed by atoms with Gasteiger partial charge in [-0.25, -0.2) is 13.2 Å². The monoisotopic (exact) mass is 425 g/mol. The Morgan fingerprint density at radius 3 is 2.52 bits per heavy atom. The molecule has 0 spiro atoms. The number of rotatable bonds is 8. The van der Waals surface area contributed by atoms with Gasteiger partial charge < -0.3 is 19.5 Å². The van der Waals surface area contributed by atoms with Gasteiger partial charge in [0.25, 0.3) is 5.91 Å². The molecule has 0 bridgehead atoms. The van der Waals surface area contributed by atoms with E-state index in [-0.39, 0.29) is 17.6 Å². The van der Waals surface area contributed by atoms with Crippen LogP contribution in [0.1, 0.15) is 32.8 Å². The van der Waals surface area contributed by atoms with Crippen molar-refractivity contribution in [2.75, 3.05) is 18.6 Å². The second kappa shape index (κ2) is 9.78. The molecule has 8 nitrogen and oxygen atoms in total. The van der Waals surface area contributed by atoms with E-state index < -0.39 is 33.9 Å². The molecule has 1 aliphatic heterocycles. The van der Waals surface area contributed by atoms with Gasteiger partial charge in [0.05, 0.1) is 24.7 Å². The van der Waals surface area contributed by atoms with Gasteiger partial charge in [0.2, 0.25) is 0 Å². The molecule has 0 saturated carbocycles. The van der Waals surface area contributed by atoms with E-state index in [1.165, 1.54) is 26.2 Å². The quantitative estimate of drug-likeness (QED) is 0.499. The number of hydrogen-bond acceptors (Lipinski definition) is 7. The molecular formula is C20H27NO7S. The summed E-state index contributed by atoms with van der Waals surface area (Å²) in [6, 6.07) is 4.79. The highest BCUT2D eigenvalue weighted by atomic mass is 32.2. The summed E-state index contributed by atoms with van der Waals surface area (Å²) in [6.45, 7) is 5.25. The van der Waals surface area contributed by atoms with Crippen LogP contribution in [0.25, 0.3) is 6.08 Å². The van der Waals surface area contributed by atoms with Crippen LogP contribution in [0.4, 0.5) is 0 Å². The molecule has 2 rings (SSSR count). The van der Waals surface area contributed by atoms with Crippen LogP contribution in [0, 0.1) is 0 Å². The summed E-state index contributed by atoms with van der Waals surface area (Å²) in [4.78, 5) is 24.1. The highest BCUT2D eigenvalue weighted by Gasteiger charge is 2.30. The van der Waals surface area contributed by atoms with Crippen molar-refractivity contribution in [2.45, 2.75) is 45.4 Å². The molecule has 0 radical (unpaired) electrons. The molecule has 1 fully saturated rings. The molecule has 2 atom stereocenters. The number of hydrogen-bond donors (Lipinski definition) is 1. The fourth-order valence-corrected chi connectivity index (χ4v) is 4.47. The molecule has 160 valence electrons. The predicted molar refractivity (Wildman–Crippen MR) is 109 cm³/mol. The smallest absolute Gasteiger partial charge is 0.331 e. The lowest BCUT2D eigenvalue weighted by Crippen LogP contribution is -2.42. The zero-order chi connectivity index (χ0) is 21.6. The molecule has 1 aromatic carbocycles. The van der Waals surface area contributed by atoms with Crippen molar-refractivity contribution in [1.82, 2.24) is 5.32 Å². The number of carbonyl (C=O) groups excluding carboxylic acids is 2. The van der Waals surface area contributed by atoms with Gasteiger partial charge in [-0.2, -0.15) is 0 Å². The van der Waals surface area contributed by atoms with Gasteiger partial charge in [0.1, 0.15) is 0 Å². The highest BCUT2D eigenvalue weighted by Crippen LogP contribution is 2.29. The van der Waals surface area contributed by atoms with Crippen LogP contribution in [0.5, 0.6) is 11.5 Å². The molecule has 1 aliphatic rings. The van der Waals surface area contributed by atoms with Crippen LogP contribution in [0.15, 0.2) is 24.3 Å². The van der Waals surface area contributed by atoms with Crippen molar-refractivity contribution >= 4 is 27.8 Å². The SMILES string of the molecule is COc1cc(/C=C/C(=O)O[C@H](C)C(=O)N[C@@H]2CCS(=O)(=O)C2)ccc1OC(C)C. The van der Waals surface area contributed by atoms with Gasteiger partial charge in [-0.3, -0.25) is 4.79 Å². The van der Waals surface area contributed by atoms with Crippen molar-refractivity contribution in [1.29, 1.82) is 0 Å². The van der Waals surface area contributed by atoms with E-state index in [4.69, 9.17) is 14.2 Å². The fraction of sp³-hybridized carbons (Fsp3) is 0.500. The molecule has 0 aromatic heterocycles. The Morgan fingerprint density at radius 2 is 1.93 bits per heavy atom. The van der Waals surface area contributed by atoms with E-state index in [2.05, 4.69) is 5.32 Å². The third kappa shape index (κ3) is 7.08. The molecule has 29 heavy (non-hydrogen) atoms. The molecule has 9 heteroatoms. The lowest BCUT2D eigenvalue weighted by molar-refractivity contribution is -0.150. The van der Waals surface area contributed by atoms with Gasteiger partial charge >= 0.3 is 5.97 Å². The number of benzene rings is 1. The van der Waals surface area contributed by atoms with Crippen LogP contribution in [0.3, 0.4) is 0 Å². The average Bonchev–Trinajstić information content (AvgIpc) is 2.98. The van der Waals surface area contributed by atoms with E-state index in [1.807, 2.05) is 13.8 Å². The summed E-state index contributed by atoms with van der Waals surface area (Å²) >= 11 is 0. The molecule has 1 aromatic rings. The summed E-state index contributed by atoms with van der Waals surface area (Å²) in [6.07, 6.45) is 2.08. The Morgan fingerprint density at radius 1 is 1.21 bits per heavy atom. The maximum atomic E-state index is 12.1. The normalized spacial score (nSPS) is 19.1. The predicted octanol–water partition coefficient (Wildman–Crippen LogP) is 1.73. The van der Waals surface area contributed by atoms with Gasteiger partial charge in [0, 0.05) is 12.1 Å². The zero-order valence-electron chi connectivity index (χ0n) is 17.0. The van der Waals surface area contributed by atoms with E-state index in [1.54, 1.807) is 18.2 Å². The van der Waals surface area contributed by atoms with Gasteiger partial charge in [-0.05, 0) is 51.0 Å². The third-order valence-electron chi connectivity index (χ3n) is 4.20. The highest BCUT2D eigenvalue weighted by molar-refractivity contribution is 7.91. The van der Waals surface area contributed by atoms with Crippen LogP contribution < -0.4 is 14.8 Å². The molecule has 1 heterocycles. The molecule has 1 amide bonds. The lowest BCUT2D eigenvalue weighted by atomic mass is 10.2. The van der Waals surface area contributed by atoms with Crippen molar-refractivity contribution in [3.05, 3.63) is 29.8 Å². The Bertz CT molecular complexity index is 877. The minimum Gasteiger partial charge on any atom is -0.493 e. The van der Waals surface area contributed by atoms with Gasteiger partial charge in [-0.1, -0.05) is 6.07 Å². The topological polar surface area (TPSA) is 108 Å². The maximum absolute atomic E-state index is 12.1. The minimum atomic E-state index is -3.10. The number of esters is 1. The van der Waals surface area contributed by atoms with E-state index in [0.717, 1.165) is 0 Å². The summed E-state index contributed by atoms with van der Waals surface area (Å²) in [5.41, 5.74) is 0.697. The Balaban J connectivity index is 1.90. The van der Waals surface area contributed by atoms with Crippen LogP contribution in [0.2, 0.25) is 0 Å². The molecule has 0 aliphatic carbocycles. The number of carbonyl (C=O) groups is 2. The molecule has 1 N–H and O–H groups in total. The number of amides is 1. The molecule has 0 unspecified atom stereocenters. The second-order valence-electron chi connectivity index (χ2n) is 7.10. The number of nitrogens with one attached hydrogen (secondary N) is 1. The van der Waals surface area contributed by atoms with Crippen molar-refractivity contribution in [3.63, 3.8) is 0 Å². The van der Waals surface area contributed by atoms with Gasteiger partial charge in [0.15, 0.2) is 27.4 Å². The number of ether oxygens (including phenoxy) is 3. The number of sulfone groups is 1. The Hall–Kier alpha value is -2.55.